The number of methoxy groups -OCH3 is 1. The second kappa shape index (κ2) is 10.3. The van der Waals surface area contributed by atoms with Crippen molar-refractivity contribution in [3.63, 3.8) is 0 Å². The van der Waals surface area contributed by atoms with Gasteiger partial charge >= 0.3 is 0 Å². The van der Waals surface area contributed by atoms with Gasteiger partial charge in [-0.3, -0.25) is 14.4 Å². The Balaban J connectivity index is 1.63. The first-order valence-electron chi connectivity index (χ1n) is 11.0. The van der Waals surface area contributed by atoms with Crippen LogP contribution in [-0.4, -0.2) is 72.0 Å². The second-order valence-electron chi connectivity index (χ2n) is 7.83. The highest BCUT2D eigenvalue weighted by Gasteiger charge is 2.24. The Morgan fingerprint density at radius 1 is 1.16 bits per heavy atom. The summed E-state index contributed by atoms with van der Waals surface area (Å²) in [5.41, 5.74) is 2.34. The fourth-order valence-corrected chi connectivity index (χ4v) is 4.16. The first kappa shape index (κ1) is 22.6. The van der Waals surface area contributed by atoms with Crippen LogP contribution < -0.4 is 4.74 Å². The zero-order valence-corrected chi connectivity index (χ0v) is 19.3. The predicted octanol–water partition coefficient (Wildman–Crippen LogP) is 3.69. The van der Waals surface area contributed by atoms with Crippen molar-refractivity contribution in [3.05, 3.63) is 58.7 Å². The second-order valence-corrected chi connectivity index (χ2v) is 8.26. The van der Waals surface area contributed by atoms with Gasteiger partial charge in [-0.15, -0.1) is 0 Å². The number of aromatic nitrogens is 2. The molecule has 0 spiro atoms. The van der Waals surface area contributed by atoms with Gasteiger partial charge in [-0.05, 0) is 30.7 Å². The highest BCUT2D eigenvalue weighted by atomic mass is 35.5. The molecule has 7 nitrogen and oxygen atoms in total. The van der Waals surface area contributed by atoms with E-state index in [4.69, 9.17) is 26.2 Å². The van der Waals surface area contributed by atoms with Gasteiger partial charge in [-0.25, -0.2) is 0 Å². The van der Waals surface area contributed by atoms with Crippen molar-refractivity contribution in [2.24, 2.45) is 0 Å². The van der Waals surface area contributed by atoms with Crippen LogP contribution in [0.25, 0.3) is 10.9 Å². The molecule has 1 fully saturated rings. The third-order valence-corrected chi connectivity index (χ3v) is 6.09. The first-order valence-corrected chi connectivity index (χ1v) is 11.4. The number of amides is 1. The molecule has 1 saturated heterocycles. The van der Waals surface area contributed by atoms with E-state index >= 15 is 0 Å². The van der Waals surface area contributed by atoms with Crippen LogP contribution >= 0.6 is 11.6 Å². The third kappa shape index (κ3) is 4.90. The molecule has 0 unspecified atom stereocenters. The summed E-state index contributed by atoms with van der Waals surface area (Å²) < 4.78 is 13.0. The normalized spacial score (nSPS) is 14.6. The van der Waals surface area contributed by atoms with E-state index in [0.717, 1.165) is 55.1 Å². The Kier molecular flexibility index (Phi) is 7.29. The number of carbonyl (C=O) groups excluding carboxylic acids is 1. The van der Waals surface area contributed by atoms with Gasteiger partial charge in [0.2, 0.25) is 0 Å². The SMILES string of the molecule is CCN(Cc1ccc(Cl)cc1)C(=O)c1nn(CCN2CCOCC2)c2c(OC)cccc12. The van der Waals surface area contributed by atoms with Crippen LogP contribution in [0.2, 0.25) is 5.02 Å². The van der Waals surface area contributed by atoms with E-state index in [9.17, 15) is 4.79 Å². The van der Waals surface area contributed by atoms with Crippen molar-refractivity contribution in [2.75, 3.05) is 46.5 Å². The van der Waals surface area contributed by atoms with Crippen molar-refractivity contribution in [1.29, 1.82) is 0 Å². The van der Waals surface area contributed by atoms with Crippen LogP contribution in [0.15, 0.2) is 42.5 Å². The maximum Gasteiger partial charge on any atom is 0.275 e. The number of halogens is 1. The molecule has 4 rings (SSSR count). The molecule has 0 atom stereocenters. The fraction of sp³-hybridized carbons (Fsp3) is 0.417. The van der Waals surface area contributed by atoms with E-state index in [1.165, 1.54) is 0 Å². The van der Waals surface area contributed by atoms with Gasteiger partial charge in [-0.1, -0.05) is 35.9 Å². The lowest BCUT2D eigenvalue weighted by Gasteiger charge is -2.26. The zero-order chi connectivity index (χ0) is 22.5. The Bertz CT molecular complexity index is 1060. The lowest BCUT2D eigenvalue weighted by atomic mass is 10.1. The van der Waals surface area contributed by atoms with Crippen molar-refractivity contribution in [2.45, 2.75) is 20.0 Å². The van der Waals surface area contributed by atoms with Crippen molar-refractivity contribution in [1.82, 2.24) is 19.6 Å². The van der Waals surface area contributed by atoms with Crippen LogP contribution in [0.3, 0.4) is 0 Å². The molecule has 32 heavy (non-hydrogen) atoms. The summed E-state index contributed by atoms with van der Waals surface area (Å²) in [6.45, 7) is 7.89. The van der Waals surface area contributed by atoms with Crippen LogP contribution in [0, 0.1) is 0 Å². The molecule has 170 valence electrons. The van der Waals surface area contributed by atoms with Crippen molar-refractivity contribution < 1.29 is 14.3 Å². The van der Waals surface area contributed by atoms with E-state index in [1.807, 2.05) is 54.1 Å². The maximum absolute atomic E-state index is 13.5. The number of fused-ring (bicyclic) bond motifs is 1. The lowest BCUT2D eigenvalue weighted by molar-refractivity contribution is 0.0361. The number of hydrogen-bond acceptors (Lipinski definition) is 5. The minimum absolute atomic E-state index is 0.0918. The topological polar surface area (TPSA) is 59.8 Å². The van der Waals surface area contributed by atoms with Gasteiger partial charge in [0.1, 0.15) is 11.3 Å². The molecular formula is C24H29ClN4O3. The van der Waals surface area contributed by atoms with Crippen LogP contribution in [0.5, 0.6) is 5.75 Å². The van der Waals surface area contributed by atoms with E-state index in [1.54, 1.807) is 12.0 Å². The van der Waals surface area contributed by atoms with Gasteiger partial charge in [0.05, 0.1) is 26.9 Å². The highest BCUT2D eigenvalue weighted by Crippen LogP contribution is 2.29. The van der Waals surface area contributed by atoms with E-state index < -0.39 is 0 Å². The third-order valence-electron chi connectivity index (χ3n) is 5.84. The molecule has 0 N–H and O–H groups in total. The summed E-state index contributed by atoms with van der Waals surface area (Å²) in [7, 11) is 1.65. The number of ether oxygens (including phenoxy) is 2. The van der Waals surface area contributed by atoms with Crippen molar-refractivity contribution >= 4 is 28.4 Å². The summed E-state index contributed by atoms with van der Waals surface area (Å²) in [6, 6.07) is 13.3. The van der Waals surface area contributed by atoms with E-state index in [2.05, 4.69) is 4.90 Å². The fourth-order valence-electron chi connectivity index (χ4n) is 4.04. The Labute approximate surface area is 193 Å². The average molecular weight is 457 g/mol. The standard InChI is InChI=1S/C24H29ClN4O3/c1-3-28(17-18-7-9-19(25)10-8-18)24(30)22-20-5-4-6-21(31-2)23(20)29(26-22)12-11-27-13-15-32-16-14-27/h4-10H,3,11-17H2,1-2H3. The summed E-state index contributed by atoms with van der Waals surface area (Å²) in [5, 5.41) is 6.27. The molecule has 8 heteroatoms. The van der Waals surface area contributed by atoms with Gasteiger partial charge < -0.3 is 14.4 Å². The molecule has 2 aromatic carbocycles. The molecular weight excluding hydrogens is 428 g/mol. The average Bonchev–Trinajstić information content (AvgIpc) is 3.21. The molecule has 3 aromatic rings. The summed E-state index contributed by atoms with van der Waals surface area (Å²) in [5.74, 6) is 0.627. The van der Waals surface area contributed by atoms with Crippen LogP contribution in [0.1, 0.15) is 23.0 Å². The van der Waals surface area contributed by atoms with Crippen LogP contribution in [-0.2, 0) is 17.8 Å². The molecule has 2 heterocycles. The Hall–Kier alpha value is -2.61. The quantitative estimate of drug-likeness (QED) is 0.517. The Morgan fingerprint density at radius 2 is 1.91 bits per heavy atom. The molecule has 0 saturated carbocycles. The van der Waals surface area contributed by atoms with Gasteiger partial charge in [0, 0.05) is 43.1 Å². The summed E-state index contributed by atoms with van der Waals surface area (Å²) >= 11 is 6.01. The first-order chi connectivity index (χ1) is 15.6. The smallest absolute Gasteiger partial charge is 0.275 e. The maximum atomic E-state index is 13.5. The molecule has 0 bridgehead atoms. The lowest BCUT2D eigenvalue weighted by Crippen LogP contribution is -2.38. The van der Waals surface area contributed by atoms with Gasteiger partial charge in [-0.2, -0.15) is 5.10 Å². The highest BCUT2D eigenvalue weighted by molar-refractivity contribution is 6.30. The van der Waals surface area contributed by atoms with E-state index in [-0.39, 0.29) is 5.91 Å². The molecule has 0 radical (unpaired) electrons. The van der Waals surface area contributed by atoms with Gasteiger partial charge in [0.15, 0.2) is 5.69 Å². The minimum Gasteiger partial charge on any atom is -0.494 e. The number of morpholine rings is 1. The summed E-state index contributed by atoms with van der Waals surface area (Å²) in [4.78, 5) is 17.7. The minimum atomic E-state index is -0.0918. The number of hydrogen-bond donors (Lipinski definition) is 0. The van der Waals surface area contributed by atoms with Gasteiger partial charge in [0.25, 0.3) is 5.91 Å². The monoisotopic (exact) mass is 456 g/mol. The predicted molar refractivity (Wildman–Crippen MR) is 125 cm³/mol. The molecule has 1 aliphatic heterocycles. The molecule has 1 aromatic heterocycles. The van der Waals surface area contributed by atoms with Crippen molar-refractivity contribution in [3.8, 4) is 5.75 Å². The summed E-state index contributed by atoms with van der Waals surface area (Å²) in [6.07, 6.45) is 0. The molecule has 1 amide bonds. The largest absolute Gasteiger partial charge is 0.494 e. The number of nitrogens with zero attached hydrogens (tertiary/aromatic N) is 4. The van der Waals surface area contributed by atoms with Crippen LogP contribution in [0.4, 0.5) is 0 Å². The number of benzene rings is 2. The number of carbonyl (C=O) groups is 1. The van der Waals surface area contributed by atoms with E-state index in [0.29, 0.717) is 30.4 Å². The Morgan fingerprint density at radius 3 is 2.59 bits per heavy atom. The number of rotatable bonds is 8. The molecule has 1 aliphatic rings. The number of para-hydroxylation sites is 1. The molecule has 0 aliphatic carbocycles. The zero-order valence-electron chi connectivity index (χ0n) is 18.6.